The molecule has 0 bridgehead atoms. The van der Waals surface area contributed by atoms with E-state index in [4.69, 9.17) is 0 Å². The van der Waals surface area contributed by atoms with Crippen molar-refractivity contribution in [2.75, 3.05) is 18.0 Å². The monoisotopic (exact) mass is 347 g/mol. The zero-order valence-corrected chi connectivity index (χ0v) is 14.4. The molecule has 1 atom stereocenters. The summed E-state index contributed by atoms with van der Waals surface area (Å²) >= 11 is 0. The molecule has 134 valence electrons. The molecule has 1 fully saturated rings. The van der Waals surface area contributed by atoms with Crippen molar-refractivity contribution < 1.29 is 13.9 Å². The number of aliphatic hydroxyl groups excluding tert-OH is 1. The van der Waals surface area contributed by atoms with Crippen LogP contribution >= 0.6 is 0 Å². The van der Waals surface area contributed by atoms with Crippen LogP contribution in [0.1, 0.15) is 38.2 Å². The van der Waals surface area contributed by atoms with Crippen LogP contribution in [0.5, 0.6) is 0 Å². The minimum atomic E-state index is -0.896. The topological polar surface area (TPSA) is 49.2 Å². The van der Waals surface area contributed by atoms with Gasteiger partial charge in [-0.05, 0) is 37.0 Å². The molecular weight excluding hydrogens is 324 g/mol. The van der Waals surface area contributed by atoms with E-state index >= 15 is 0 Å². The third-order valence-corrected chi connectivity index (χ3v) is 4.58. The Kier molecular flexibility index (Phi) is 5.58. The molecule has 2 heterocycles. The van der Waals surface area contributed by atoms with Crippen molar-refractivity contribution in [2.45, 2.75) is 45.1 Å². The molecule has 1 aromatic carbocycles. The van der Waals surface area contributed by atoms with Crippen molar-refractivity contribution in [1.82, 2.24) is 9.97 Å². The molecule has 1 aliphatic heterocycles. The van der Waals surface area contributed by atoms with Crippen LogP contribution in [-0.2, 0) is 6.42 Å². The minimum Gasteiger partial charge on any atom is -0.391 e. The molecule has 1 N–H and O–H groups in total. The van der Waals surface area contributed by atoms with Crippen molar-refractivity contribution in [1.29, 1.82) is 0 Å². The van der Waals surface area contributed by atoms with Gasteiger partial charge in [0, 0.05) is 19.3 Å². The van der Waals surface area contributed by atoms with Gasteiger partial charge in [-0.25, -0.2) is 18.7 Å². The molecule has 1 aliphatic rings. The van der Waals surface area contributed by atoms with Crippen LogP contribution in [0.15, 0.2) is 24.4 Å². The van der Waals surface area contributed by atoms with Crippen molar-refractivity contribution in [2.24, 2.45) is 0 Å². The number of rotatable bonds is 6. The number of unbranched alkanes of at least 4 members (excludes halogenated alkanes) is 2. The van der Waals surface area contributed by atoms with E-state index in [0.717, 1.165) is 19.3 Å². The Morgan fingerprint density at radius 1 is 1.20 bits per heavy atom. The fourth-order valence-corrected chi connectivity index (χ4v) is 3.13. The first-order valence-electron chi connectivity index (χ1n) is 8.83. The first-order valence-corrected chi connectivity index (χ1v) is 8.83. The van der Waals surface area contributed by atoms with Gasteiger partial charge in [0.25, 0.3) is 0 Å². The number of aromatic nitrogens is 2. The van der Waals surface area contributed by atoms with E-state index in [-0.39, 0.29) is 17.5 Å². The SMILES string of the molecule is CCCCCc1ccc(-c2nccc(N3CCC(O)C3)n2)c(F)c1F. The molecule has 1 aromatic heterocycles. The smallest absolute Gasteiger partial charge is 0.170 e. The van der Waals surface area contributed by atoms with Crippen molar-refractivity contribution in [3.63, 3.8) is 0 Å². The van der Waals surface area contributed by atoms with Crippen LogP contribution in [0.4, 0.5) is 14.6 Å². The third-order valence-electron chi connectivity index (χ3n) is 4.58. The average Bonchev–Trinajstić information content (AvgIpc) is 3.05. The number of hydrogen-bond donors (Lipinski definition) is 1. The second kappa shape index (κ2) is 7.87. The second-order valence-electron chi connectivity index (χ2n) is 6.48. The number of hydrogen-bond acceptors (Lipinski definition) is 4. The minimum absolute atomic E-state index is 0.0679. The van der Waals surface area contributed by atoms with Gasteiger partial charge in [0.05, 0.1) is 11.7 Å². The first kappa shape index (κ1) is 17.7. The maximum atomic E-state index is 14.5. The molecule has 0 saturated carbocycles. The maximum Gasteiger partial charge on any atom is 0.170 e. The summed E-state index contributed by atoms with van der Waals surface area (Å²) < 4.78 is 28.9. The zero-order chi connectivity index (χ0) is 17.8. The summed E-state index contributed by atoms with van der Waals surface area (Å²) in [5.41, 5.74) is 0.465. The summed E-state index contributed by atoms with van der Waals surface area (Å²) in [5, 5.41) is 9.65. The molecular formula is C19H23F2N3O. The largest absolute Gasteiger partial charge is 0.391 e. The van der Waals surface area contributed by atoms with Gasteiger partial charge in [0.15, 0.2) is 17.5 Å². The van der Waals surface area contributed by atoms with Crippen molar-refractivity contribution >= 4 is 5.82 Å². The Hall–Kier alpha value is -2.08. The molecule has 2 aromatic rings. The average molecular weight is 347 g/mol. The van der Waals surface area contributed by atoms with E-state index < -0.39 is 11.6 Å². The van der Waals surface area contributed by atoms with E-state index in [2.05, 4.69) is 16.9 Å². The lowest BCUT2D eigenvalue weighted by Crippen LogP contribution is -2.22. The number of aryl methyl sites for hydroxylation is 1. The summed E-state index contributed by atoms with van der Waals surface area (Å²) in [4.78, 5) is 10.4. The molecule has 3 rings (SSSR count). The highest BCUT2D eigenvalue weighted by molar-refractivity contribution is 5.59. The van der Waals surface area contributed by atoms with Gasteiger partial charge in [-0.15, -0.1) is 0 Å². The highest BCUT2D eigenvalue weighted by Crippen LogP contribution is 2.27. The summed E-state index contributed by atoms with van der Waals surface area (Å²) in [6, 6.07) is 4.89. The Morgan fingerprint density at radius 3 is 2.76 bits per heavy atom. The third kappa shape index (κ3) is 3.95. The highest BCUT2D eigenvalue weighted by Gasteiger charge is 2.22. The Bertz CT molecular complexity index is 739. The number of nitrogens with zero attached hydrogens (tertiary/aromatic N) is 3. The van der Waals surface area contributed by atoms with Crippen LogP contribution in [0.25, 0.3) is 11.4 Å². The quantitative estimate of drug-likeness (QED) is 0.809. The molecule has 6 heteroatoms. The van der Waals surface area contributed by atoms with Crippen molar-refractivity contribution in [3.8, 4) is 11.4 Å². The van der Waals surface area contributed by atoms with E-state index in [9.17, 15) is 13.9 Å². The number of halogens is 2. The number of anilines is 1. The van der Waals surface area contributed by atoms with Crippen LogP contribution in [0, 0.1) is 11.6 Å². The number of β-amino-alcohol motifs (C(OH)–C–C–N with tert-alkyl or cyclic N) is 1. The highest BCUT2D eigenvalue weighted by atomic mass is 19.2. The van der Waals surface area contributed by atoms with Crippen LogP contribution in [-0.4, -0.2) is 34.3 Å². The zero-order valence-electron chi connectivity index (χ0n) is 14.4. The van der Waals surface area contributed by atoms with Gasteiger partial charge < -0.3 is 10.0 Å². The van der Waals surface area contributed by atoms with Crippen LogP contribution in [0.2, 0.25) is 0 Å². The summed E-state index contributed by atoms with van der Waals surface area (Å²) in [7, 11) is 0. The Morgan fingerprint density at radius 2 is 2.04 bits per heavy atom. The molecule has 1 unspecified atom stereocenters. The Balaban J connectivity index is 1.85. The molecule has 25 heavy (non-hydrogen) atoms. The van der Waals surface area contributed by atoms with Gasteiger partial charge in [-0.1, -0.05) is 25.8 Å². The van der Waals surface area contributed by atoms with Gasteiger partial charge in [0.1, 0.15) is 5.82 Å². The molecule has 1 saturated heterocycles. The van der Waals surface area contributed by atoms with Gasteiger partial charge in [-0.3, -0.25) is 0 Å². The molecule has 0 amide bonds. The maximum absolute atomic E-state index is 14.5. The number of benzene rings is 1. The van der Waals surface area contributed by atoms with Gasteiger partial charge in [-0.2, -0.15) is 0 Å². The molecule has 0 aliphatic carbocycles. The van der Waals surface area contributed by atoms with Crippen LogP contribution < -0.4 is 4.90 Å². The number of aliphatic hydroxyl groups is 1. The van der Waals surface area contributed by atoms with E-state index in [1.54, 1.807) is 18.2 Å². The fraction of sp³-hybridized carbons (Fsp3) is 0.474. The van der Waals surface area contributed by atoms with E-state index in [1.807, 2.05) is 4.90 Å². The van der Waals surface area contributed by atoms with Crippen molar-refractivity contribution in [3.05, 3.63) is 41.6 Å². The predicted octanol–water partition coefficient (Wildman–Crippen LogP) is 3.73. The fourth-order valence-electron chi connectivity index (χ4n) is 3.13. The lowest BCUT2D eigenvalue weighted by molar-refractivity contribution is 0.198. The van der Waals surface area contributed by atoms with Gasteiger partial charge >= 0.3 is 0 Å². The lowest BCUT2D eigenvalue weighted by atomic mass is 10.0. The predicted molar refractivity (Wildman–Crippen MR) is 93.4 cm³/mol. The Labute approximate surface area is 146 Å². The normalized spacial score (nSPS) is 17.3. The second-order valence-corrected chi connectivity index (χ2v) is 6.48. The van der Waals surface area contributed by atoms with Gasteiger partial charge in [0.2, 0.25) is 0 Å². The lowest BCUT2D eigenvalue weighted by Gasteiger charge is -2.17. The first-order chi connectivity index (χ1) is 12.1. The summed E-state index contributed by atoms with van der Waals surface area (Å²) in [6.07, 6.45) is 5.24. The van der Waals surface area contributed by atoms with E-state index in [0.29, 0.717) is 37.3 Å². The molecule has 0 spiro atoms. The molecule has 4 nitrogen and oxygen atoms in total. The summed E-state index contributed by atoms with van der Waals surface area (Å²) in [5.74, 6) is -0.921. The van der Waals surface area contributed by atoms with E-state index in [1.165, 1.54) is 6.20 Å². The summed E-state index contributed by atoms with van der Waals surface area (Å²) in [6.45, 7) is 3.25. The standard InChI is InChI=1S/C19H23F2N3O/c1-2-3-4-5-13-6-7-15(18(21)17(13)20)19-22-10-8-16(23-19)24-11-9-14(25)12-24/h6-8,10,14,25H,2-5,9,11-12H2,1H3. The van der Waals surface area contributed by atoms with Crippen LogP contribution in [0.3, 0.4) is 0 Å². The molecule has 0 radical (unpaired) electrons.